The number of amides is 2. The van der Waals surface area contributed by atoms with Gasteiger partial charge in [0.2, 0.25) is 17.9 Å². The zero-order valence-corrected chi connectivity index (χ0v) is 27.2. The molecule has 2 aliphatic rings. The zero-order valence-electron chi connectivity index (χ0n) is 27.2. The van der Waals surface area contributed by atoms with Crippen LogP contribution in [0.25, 0.3) is 16.6 Å². The number of nitrogens with one attached hydrogen (secondary N) is 2. The van der Waals surface area contributed by atoms with E-state index in [1.807, 2.05) is 18.9 Å². The fourth-order valence-corrected chi connectivity index (χ4v) is 5.55. The molecule has 0 saturated heterocycles. The van der Waals surface area contributed by atoms with Crippen LogP contribution in [0, 0.1) is 0 Å². The summed E-state index contributed by atoms with van der Waals surface area (Å²) in [6, 6.07) is 11.2. The first-order valence-corrected chi connectivity index (χ1v) is 15.5. The molecule has 1 aromatic heterocycles. The number of hydrogen-bond donors (Lipinski definition) is 3. The summed E-state index contributed by atoms with van der Waals surface area (Å²) >= 11 is 0. The van der Waals surface area contributed by atoms with Gasteiger partial charge in [-0.3, -0.25) is 14.4 Å². The Kier molecular flexibility index (Phi) is 11.2. The van der Waals surface area contributed by atoms with Crippen LogP contribution in [0.5, 0.6) is 5.75 Å². The molecule has 0 aliphatic carbocycles. The van der Waals surface area contributed by atoms with Crippen LogP contribution in [0.2, 0.25) is 0 Å². The third-order valence-corrected chi connectivity index (χ3v) is 7.94. The summed E-state index contributed by atoms with van der Waals surface area (Å²) in [5.41, 5.74) is 5.06. The standard InChI is InChI=1S/C35H34N4O11/c1-3-24-26-12-23(42)8-9-28(26)38-32-27(24)15-39(2)29(32)13-25-21(16-41)18-48-34(45)33(25)50-35(46)49-17-20-4-6-22(7-5-20)37-30(43)14-36-31(44)19-47-11-10-40/h4-10,12-13,16,33,42H,3,11,14-15,17-19H2,1-2H3,(H,36,44)(H,37,43)/b29-13-. The largest absolute Gasteiger partial charge is 0.509 e. The highest BCUT2D eigenvalue weighted by Gasteiger charge is 2.37. The molecule has 50 heavy (non-hydrogen) atoms. The predicted molar refractivity (Wildman–Crippen MR) is 176 cm³/mol. The van der Waals surface area contributed by atoms with Crippen molar-refractivity contribution in [1.82, 2.24) is 15.2 Å². The van der Waals surface area contributed by atoms with Crippen molar-refractivity contribution < 1.29 is 52.8 Å². The minimum absolute atomic E-state index is 0.113. The first kappa shape index (κ1) is 35.2. The Morgan fingerprint density at radius 3 is 2.62 bits per heavy atom. The summed E-state index contributed by atoms with van der Waals surface area (Å²) in [5, 5.41) is 15.9. The molecule has 1 atom stereocenters. The molecule has 0 bridgehead atoms. The zero-order chi connectivity index (χ0) is 35.8. The lowest BCUT2D eigenvalue weighted by Crippen LogP contribution is -2.36. The van der Waals surface area contributed by atoms with E-state index in [1.54, 1.807) is 48.5 Å². The molecule has 15 nitrogen and oxygen atoms in total. The maximum absolute atomic E-state index is 12.9. The lowest BCUT2D eigenvalue weighted by molar-refractivity contribution is -0.153. The Balaban J connectivity index is 1.25. The number of aromatic nitrogens is 1. The molecule has 1 unspecified atom stereocenters. The molecule has 2 aliphatic heterocycles. The van der Waals surface area contributed by atoms with Gasteiger partial charge in [-0.15, -0.1) is 0 Å². The number of nitrogens with zero attached hydrogens (tertiary/aromatic N) is 2. The molecule has 260 valence electrons. The maximum atomic E-state index is 12.9. The normalized spacial score (nSPS) is 16.1. The van der Waals surface area contributed by atoms with Crippen LogP contribution >= 0.6 is 0 Å². The predicted octanol–water partition coefficient (Wildman–Crippen LogP) is 2.33. The number of anilines is 1. The number of carbonyl (C=O) groups is 6. The van der Waals surface area contributed by atoms with E-state index >= 15 is 0 Å². The minimum Gasteiger partial charge on any atom is -0.508 e. The number of phenols is 1. The number of ether oxygens (including phenoxy) is 4. The van der Waals surface area contributed by atoms with Crippen molar-refractivity contribution >= 4 is 58.8 Å². The number of benzene rings is 2. The summed E-state index contributed by atoms with van der Waals surface area (Å²) in [6.45, 7) is 1.06. The molecule has 0 radical (unpaired) electrons. The summed E-state index contributed by atoms with van der Waals surface area (Å²) < 4.78 is 20.5. The SMILES string of the molecule is CCc1c2c(nc3ccc(O)cc13)/C(=C/C1=C(C=O)COC(=O)C1OC(=O)OCc1ccc(NC(=O)CNC(=O)COCC=O)cc1)N(C)C2. The average molecular weight is 687 g/mol. The van der Waals surface area contributed by atoms with Crippen LogP contribution in [0.3, 0.4) is 0 Å². The number of phenolic OH excluding ortho intramolecular Hbond substituents is 1. The van der Waals surface area contributed by atoms with E-state index in [0.717, 1.165) is 16.5 Å². The van der Waals surface area contributed by atoms with E-state index in [1.165, 1.54) is 0 Å². The number of esters is 1. The minimum atomic E-state index is -1.58. The second-order valence-corrected chi connectivity index (χ2v) is 11.3. The molecule has 15 heteroatoms. The van der Waals surface area contributed by atoms with E-state index in [2.05, 4.69) is 10.6 Å². The highest BCUT2D eigenvalue weighted by Crippen LogP contribution is 2.38. The Labute approximate surface area is 285 Å². The molecule has 3 heterocycles. The first-order chi connectivity index (χ1) is 24.1. The van der Waals surface area contributed by atoms with Gasteiger partial charge in [-0.05, 0) is 54.0 Å². The number of rotatable bonds is 13. The van der Waals surface area contributed by atoms with Crippen LogP contribution in [-0.2, 0) is 62.5 Å². The summed E-state index contributed by atoms with van der Waals surface area (Å²) in [4.78, 5) is 78.5. The molecule has 2 aromatic carbocycles. The number of aryl methyl sites for hydroxylation is 1. The topological polar surface area (TPSA) is 200 Å². The van der Waals surface area contributed by atoms with E-state index in [0.29, 0.717) is 53.7 Å². The molecule has 3 N–H and O–H groups in total. The molecular formula is C35H34N4O11. The third kappa shape index (κ3) is 8.13. The van der Waals surface area contributed by atoms with Gasteiger partial charge in [-0.2, -0.15) is 0 Å². The van der Waals surface area contributed by atoms with Crippen molar-refractivity contribution in [3.8, 4) is 5.75 Å². The van der Waals surface area contributed by atoms with Crippen molar-refractivity contribution in [2.45, 2.75) is 32.6 Å². The van der Waals surface area contributed by atoms with Crippen molar-refractivity contribution in [2.24, 2.45) is 0 Å². The summed E-state index contributed by atoms with van der Waals surface area (Å²) in [7, 11) is 1.84. The quantitative estimate of drug-likeness (QED) is 0.135. The highest BCUT2D eigenvalue weighted by molar-refractivity contribution is 5.95. The molecular weight excluding hydrogens is 652 g/mol. The van der Waals surface area contributed by atoms with Gasteiger partial charge in [0.25, 0.3) is 0 Å². The number of cyclic esters (lactones) is 1. The number of pyridine rings is 1. The number of aldehydes is 2. The van der Waals surface area contributed by atoms with Crippen molar-refractivity contribution in [3.63, 3.8) is 0 Å². The van der Waals surface area contributed by atoms with Gasteiger partial charge in [-0.1, -0.05) is 19.1 Å². The third-order valence-electron chi connectivity index (χ3n) is 7.94. The molecule has 0 saturated carbocycles. The fourth-order valence-electron chi connectivity index (χ4n) is 5.55. The Morgan fingerprint density at radius 2 is 1.90 bits per heavy atom. The summed E-state index contributed by atoms with van der Waals surface area (Å²) in [6.07, 6.45) is 0.564. The highest BCUT2D eigenvalue weighted by atomic mass is 16.7. The Morgan fingerprint density at radius 1 is 1.12 bits per heavy atom. The molecule has 0 fully saturated rings. The van der Waals surface area contributed by atoms with E-state index in [9.17, 15) is 33.9 Å². The molecule has 2 amide bonds. The van der Waals surface area contributed by atoms with Gasteiger partial charge in [0, 0.05) is 41.4 Å². The van der Waals surface area contributed by atoms with Gasteiger partial charge < -0.3 is 44.4 Å². The smallest absolute Gasteiger partial charge is 0.508 e. The first-order valence-electron chi connectivity index (χ1n) is 15.5. The van der Waals surface area contributed by atoms with E-state index < -0.39 is 30.0 Å². The van der Waals surface area contributed by atoms with Crippen LogP contribution in [0.1, 0.15) is 29.3 Å². The molecule has 3 aromatic rings. The van der Waals surface area contributed by atoms with Gasteiger partial charge in [0.05, 0.1) is 23.5 Å². The molecule has 5 rings (SSSR count). The van der Waals surface area contributed by atoms with Gasteiger partial charge >= 0.3 is 12.1 Å². The van der Waals surface area contributed by atoms with E-state index in [-0.39, 0.29) is 49.9 Å². The second kappa shape index (κ2) is 15.9. The number of carbonyl (C=O) groups excluding carboxylic acids is 6. The van der Waals surface area contributed by atoms with Crippen molar-refractivity contribution in [2.75, 3.05) is 38.7 Å². The van der Waals surface area contributed by atoms with Crippen LogP contribution in [-0.4, -0.2) is 91.0 Å². The lowest BCUT2D eigenvalue weighted by Gasteiger charge is -2.25. The fraction of sp³-hybridized carbons (Fsp3) is 0.286. The monoisotopic (exact) mass is 686 g/mol. The van der Waals surface area contributed by atoms with Gasteiger partial charge in [0.1, 0.15) is 44.7 Å². The second-order valence-electron chi connectivity index (χ2n) is 11.3. The molecule has 0 spiro atoms. The number of aromatic hydroxyl groups is 1. The number of hydrogen-bond acceptors (Lipinski definition) is 13. The van der Waals surface area contributed by atoms with Crippen molar-refractivity contribution in [1.29, 1.82) is 0 Å². The Hall–Kier alpha value is -6.09. The summed E-state index contributed by atoms with van der Waals surface area (Å²) in [5.74, 6) is -1.80. The van der Waals surface area contributed by atoms with Crippen molar-refractivity contribution in [3.05, 3.63) is 82.1 Å². The van der Waals surface area contributed by atoms with Crippen LogP contribution in [0.4, 0.5) is 10.5 Å². The maximum Gasteiger partial charge on any atom is 0.509 e. The Bertz CT molecular complexity index is 1900. The average Bonchev–Trinajstić information content (AvgIpc) is 3.41. The van der Waals surface area contributed by atoms with Gasteiger partial charge in [0.15, 0.2) is 0 Å². The van der Waals surface area contributed by atoms with E-state index in [4.69, 9.17) is 23.9 Å². The van der Waals surface area contributed by atoms with Crippen LogP contribution < -0.4 is 10.6 Å². The van der Waals surface area contributed by atoms with Crippen LogP contribution in [0.15, 0.2) is 59.7 Å². The number of fused-ring (bicyclic) bond motifs is 2. The lowest BCUT2D eigenvalue weighted by atomic mass is 9.97. The van der Waals surface area contributed by atoms with Gasteiger partial charge in [-0.25, -0.2) is 14.6 Å².